The molecule has 25 heavy (non-hydrogen) atoms. The van der Waals surface area contributed by atoms with Gasteiger partial charge in [0, 0.05) is 13.2 Å². The first-order chi connectivity index (χ1) is 12.0. The molecular weight excluding hydrogens is 336 g/mol. The third-order valence-corrected chi connectivity index (χ3v) is 6.19. The number of hydrogen-bond acceptors (Lipinski definition) is 4. The van der Waals surface area contributed by atoms with Gasteiger partial charge in [0.1, 0.15) is 0 Å². The summed E-state index contributed by atoms with van der Waals surface area (Å²) in [6.45, 7) is 2.28. The van der Waals surface area contributed by atoms with Crippen LogP contribution in [0, 0.1) is 5.92 Å². The van der Waals surface area contributed by atoms with Gasteiger partial charge in [-0.1, -0.05) is 30.3 Å². The summed E-state index contributed by atoms with van der Waals surface area (Å²) in [6, 6.07) is 10.7. The molecule has 1 aliphatic heterocycles. The van der Waals surface area contributed by atoms with E-state index < -0.39 is 10.0 Å². The Morgan fingerprint density at radius 2 is 1.84 bits per heavy atom. The Morgan fingerprint density at radius 3 is 2.52 bits per heavy atom. The highest BCUT2D eigenvalue weighted by molar-refractivity contribution is 7.88. The predicted octanol–water partition coefficient (Wildman–Crippen LogP) is 2.26. The third kappa shape index (κ3) is 5.78. The van der Waals surface area contributed by atoms with Crippen molar-refractivity contribution < 1.29 is 13.2 Å². The number of sulfonamides is 1. The average molecular weight is 367 g/mol. The number of benzene rings is 1. The molecule has 3 rings (SSSR count). The van der Waals surface area contributed by atoms with Crippen LogP contribution < -0.4 is 10.0 Å². The van der Waals surface area contributed by atoms with Gasteiger partial charge >= 0.3 is 0 Å². The maximum absolute atomic E-state index is 11.5. The molecule has 2 unspecified atom stereocenters. The van der Waals surface area contributed by atoms with E-state index in [1.54, 1.807) is 0 Å². The summed E-state index contributed by atoms with van der Waals surface area (Å²) in [5.74, 6) is 1.26. The number of piperidine rings is 1. The van der Waals surface area contributed by atoms with Crippen molar-refractivity contribution in [2.24, 2.45) is 5.92 Å². The molecule has 2 atom stereocenters. The second kappa shape index (κ2) is 8.62. The van der Waals surface area contributed by atoms with Crippen LogP contribution in [0.4, 0.5) is 0 Å². The summed E-state index contributed by atoms with van der Waals surface area (Å²) in [5.41, 5.74) is 1.45. The third-order valence-electron chi connectivity index (χ3n) is 5.46. The second-order valence-corrected chi connectivity index (χ2v) is 9.27. The second-order valence-electron chi connectivity index (χ2n) is 7.49. The molecule has 1 saturated heterocycles. The highest BCUT2D eigenvalue weighted by Crippen LogP contribution is 2.35. The van der Waals surface area contributed by atoms with Crippen molar-refractivity contribution in [3.05, 3.63) is 35.9 Å². The Morgan fingerprint density at radius 1 is 1.12 bits per heavy atom. The number of rotatable bonds is 6. The van der Waals surface area contributed by atoms with Gasteiger partial charge in [-0.25, -0.2) is 13.1 Å². The number of ether oxygens (including phenoxy) is 1. The van der Waals surface area contributed by atoms with Gasteiger partial charge in [0.25, 0.3) is 0 Å². The lowest BCUT2D eigenvalue weighted by atomic mass is 9.79. The molecule has 2 fully saturated rings. The van der Waals surface area contributed by atoms with Gasteiger partial charge in [-0.3, -0.25) is 0 Å². The smallest absolute Gasteiger partial charge is 0.209 e. The Hall–Kier alpha value is -0.950. The van der Waals surface area contributed by atoms with Gasteiger partial charge in [-0.05, 0) is 56.0 Å². The van der Waals surface area contributed by atoms with Crippen LogP contribution in [-0.4, -0.2) is 46.5 Å². The minimum Gasteiger partial charge on any atom is -0.375 e. The van der Waals surface area contributed by atoms with Gasteiger partial charge in [0.2, 0.25) is 10.0 Å². The van der Waals surface area contributed by atoms with Gasteiger partial charge in [-0.2, -0.15) is 0 Å². The van der Waals surface area contributed by atoms with Gasteiger partial charge in [0.15, 0.2) is 0 Å². The van der Waals surface area contributed by atoms with Crippen LogP contribution in [0.3, 0.4) is 0 Å². The maximum Gasteiger partial charge on any atom is 0.209 e. The predicted molar refractivity (Wildman–Crippen MR) is 100 cm³/mol. The van der Waals surface area contributed by atoms with Crippen molar-refractivity contribution in [1.29, 1.82) is 0 Å². The highest BCUT2D eigenvalue weighted by Gasteiger charge is 2.29. The van der Waals surface area contributed by atoms with Gasteiger partial charge in [-0.15, -0.1) is 0 Å². The Balaban J connectivity index is 1.45. The van der Waals surface area contributed by atoms with E-state index in [0.717, 1.165) is 19.6 Å². The van der Waals surface area contributed by atoms with E-state index in [-0.39, 0.29) is 12.1 Å². The van der Waals surface area contributed by atoms with Crippen LogP contribution in [0.1, 0.15) is 43.6 Å². The lowest BCUT2D eigenvalue weighted by Gasteiger charge is -2.34. The van der Waals surface area contributed by atoms with Gasteiger partial charge in [0.05, 0.1) is 18.4 Å². The van der Waals surface area contributed by atoms with E-state index in [9.17, 15) is 8.42 Å². The van der Waals surface area contributed by atoms with Crippen molar-refractivity contribution in [2.75, 3.05) is 26.0 Å². The number of nitrogens with one attached hydrogen (secondary N) is 2. The molecule has 1 aromatic rings. The molecule has 5 nitrogen and oxygen atoms in total. The zero-order chi connectivity index (χ0) is 17.7. The highest BCUT2D eigenvalue weighted by atomic mass is 32.2. The fourth-order valence-electron chi connectivity index (χ4n) is 4.06. The Labute approximate surface area is 151 Å². The summed E-state index contributed by atoms with van der Waals surface area (Å²) in [5, 5.41) is 3.31. The first-order valence-corrected chi connectivity index (χ1v) is 11.2. The number of hydrogen-bond donors (Lipinski definition) is 2. The van der Waals surface area contributed by atoms with E-state index >= 15 is 0 Å². The topological polar surface area (TPSA) is 67.4 Å². The Bertz CT molecular complexity index is 627. The zero-order valence-corrected chi connectivity index (χ0v) is 15.8. The van der Waals surface area contributed by atoms with E-state index in [4.69, 9.17) is 4.74 Å². The molecule has 0 spiro atoms. The average Bonchev–Trinajstić information content (AvgIpc) is 2.61. The lowest BCUT2D eigenvalue weighted by Crippen LogP contribution is -2.53. The van der Waals surface area contributed by atoms with E-state index in [1.807, 2.05) is 0 Å². The summed E-state index contributed by atoms with van der Waals surface area (Å²) in [4.78, 5) is 0. The van der Waals surface area contributed by atoms with Crippen molar-refractivity contribution in [3.63, 3.8) is 0 Å². The monoisotopic (exact) mass is 366 g/mol. The first-order valence-electron chi connectivity index (χ1n) is 9.36. The van der Waals surface area contributed by atoms with Crippen molar-refractivity contribution in [3.8, 4) is 0 Å². The molecule has 0 amide bonds. The quantitative estimate of drug-likeness (QED) is 0.810. The first kappa shape index (κ1) is 18.8. The zero-order valence-electron chi connectivity index (χ0n) is 15.0. The van der Waals surface area contributed by atoms with Crippen LogP contribution in [0.15, 0.2) is 30.3 Å². The minimum atomic E-state index is -3.20. The van der Waals surface area contributed by atoms with Crippen molar-refractivity contribution in [1.82, 2.24) is 10.0 Å². The summed E-state index contributed by atoms with van der Waals surface area (Å²) in [6.07, 6.45) is 6.72. The summed E-state index contributed by atoms with van der Waals surface area (Å²) >= 11 is 0. The van der Waals surface area contributed by atoms with Crippen LogP contribution in [-0.2, 0) is 14.8 Å². The van der Waals surface area contributed by atoms with Crippen LogP contribution in [0.2, 0.25) is 0 Å². The lowest BCUT2D eigenvalue weighted by molar-refractivity contribution is -0.00653. The van der Waals surface area contributed by atoms with E-state index in [2.05, 4.69) is 40.4 Å². The maximum atomic E-state index is 11.5. The molecule has 1 aromatic carbocycles. The minimum absolute atomic E-state index is 0.0738. The molecule has 1 aliphatic carbocycles. The normalized spacial score (nSPS) is 30.9. The van der Waals surface area contributed by atoms with Crippen molar-refractivity contribution in [2.45, 2.75) is 50.2 Å². The van der Waals surface area contributed by atoms with Crippen LogP contribution >= 0.6 is 0 Å². The molecule has 0 radical (unpaired) electrons. The van der Waals surface area contributed by atoms with E-state index in [1.165, 1.54) is 37.5 Å². The Kier molecular flexibility index (Phi) is 6.49. The van der Waals surface area contributed by atoms with Crippen LogP contribution in [0.25, 0.3) is 0 Å². The largest absolute Gasteiger partial charge is 0.375 e. The standard InChI is InChI=1S/C19H30N2O3S/c1-25(22,23)21-18-11-12-20-13-19(18)24-14-15-7-9-17(10-8-15)16-5-3-2-4-6-16/h2-6,15,17-21H,7-14H2,1H3. The molecule has 2 aliphatic rings. The van der Waals surface area contributed by atoms with E-state index in [0.29, 0.717) is 18.4 Å². The SMILES string of the molecule is CS(=O)(=O)NC1CCNCC1OCC1CCC(c2ccccc2)CC1. The molecule has 0 bridgehead atoms. The molecular formula is C19H30N2O3S. The fourth-order valence-corrected chi connectivity index (χ4v) is 4.88. The molecule has 0 aromatic heterocycles. The fraction of sp³-hybridized carbons (Fsp3) is 0.684. The molecule has 1 heterocycles. The summed E-state index contributed by atoms with van der Waals surface area (Å²) < 4.78 is 31.9. The molecule has 6 heteroatoms. The molecule has 2 N–H and O–H groups in total. The summed E-state index contributed by atoms with van der Waals surface area (Å²) in [7, 11) is -3.20. The van der Waals surface area contributed by atoms with Crippen molar-refractivity contribution >= 4 is 10.0 Å². The van der Waals surface area contributed by atoms with Crippen LogP contribution in [0.5, 0.6) is 0 Å². The molecule has 1 saturated carbocycles. The van der Waals surface area contributed by atoms with Gasteiger partial charge < -0.3 is 10.1 Å². The molecule has 140 valence electrons.